The number of fused-ring (bicyclic) bond motifs is 3. The molecule has 40 heavy (non-hydrogen) atoms. The number of nitrogens with zero attached hydrogens (tertiary/aromatic N) is 2. The predicted molar refractivity (Wildman–Crippen MR) is 149 cm³/mol. The number of piperidine rings is 1. The maximum atomic E-state index is 13.6. The number of aromatic nitrogens is 1. The number of hydrogen-bond donors (Lipinski definition) is 2. The van der Waals surface area contributed by atoms with E-state index >= 15 is 0 Å². The molecule has 210 valence electrons. The van der Waals surface area contributed by atoms with Gasteiger partial charge in [-0.2, -0.15) is 0 Å². The highest BCUT2D eigenvalue weighted by molar-refractivity contribution is 5.85. The molecule has 9 nitrogen and oxygen atoms in total. The van der Waals surface area contributed by atoms with Crippen LogP contribution in [0.3, 0.4) is 0 Å². The van der Waals surface area contributed by atoms with Crippen molar-refractivity contribution in [3.63, 3.8) is 0 Å². The zero-order valence-electron chi connectivity index (χ0n) is 23.1. The van der Waals surface area contributed by atoms with Crippen LogP contribution in [0.1, 0.15) is 66.8 Å². The molecule has 0 bridgehead atoms. The number of benzene rings is 2. The third kappa shape index (κ3) is 5.83. The molecule has 0 spiro atoms. The molecule has 0 unspecified atom stereocenters. The first-order chi connectivity index (χ1) is 19.1. The molecule has 1 saturated heterocycles. The van der Waals surface area contributed by atoms with Crippen LogP contribution in [0, 0.1) is 0 Å². The van der Waals surface area contributed by atoms with E-state index < -0.39 is 17.7 Å². The normalized spacial score (nSPS) is 15.3. The van der Waals surface area contributed by atoms with E-state index in [9.17, 15) is 19.5 Å². The summed E-state index contributed by atoms with van der Waals surface area (Å²) in [6.07, 6.45) is 0.268. The number of nitrogens with one attached hydrogen (secondary N) is 1. The first kappa shape index (κ1) is 27.3. The third-order valence-electron chi connectivity index (χ3n) is 7.45. The molecular formula is C31H35N3O6. The summed E-state index contributed by atoms with van der Waals surface area (Å²) in [4.78, 5) is 43.8. The smallest absolute Gasteiger partial charge is 0.410 e. The van der Waals surface area contributed by atoms with Crippen molar-refractivity contribution >= 4 is 18.2 Å². The summed E-state index contributed by atoms with van der Waals surface area (Å²) in [5.41, 5.74) is 4.63. The van der Waals surface area contributed by atoms with E-state index in [2.05, 4.69) is 29.2 Å². The van der Waals surface area contributed by atoms with E-state index in [1.807, 2.05) is 45.0 Å². The van der Waals surface area contributed by atoms with Crippen LogP contribution in [0.5, 0.6) is 0 Å². The van der Waals surface area contributed by atoms with Crippen molar-refractivity contribution in [1.29, 1.82) is 0 Å². The summed E-state index contributed by atoms with van der Waals surface area (Å²) in [5, 5.41) is 9.33. The summed E-state index contributed by atoms with van der Waals surface area (Å²) in [5.74, 6) is -1.14. The molecule has 1 aliphatic carbocycles. The lowest BCUT2D eigenvalue weighted by Crippen LogP contribution is -2.49. The Kier molecular flexibility index (Phi) is 7.56. The number of H-pyrrole nitrogens is 1. The van der Waals surface area contributed by atoms with Gasteiger partial charge < -0.3 is 24.5 Å². The molecule has 1 aromatic heterocycles. The van der Waals surface area contributed by atoms with Crippen molar-refractivity contribution in [1.82, 2.24) is 14.8 Å². The van der Waals surface area contributed by atoms with Gasteiger partial charge in [-0.1, -0.05) is 48.5 Å². The van der Waals surface area contributed by atoms with Crippen LogP contribution in [-0.2, 0) is 16.0 Å². The lowest BCUT2D eigenvalue weighted by atomic mass is 9.98. The zero-order chi connectivity index (χ0) is 28.4. The number of aromatic amines is 1. The number of carbonyl (C=O) groups excluding carboxylic acids is 2. The highest BCUT2D eigenvalue weighted by Gasteiger charge is 2.34. The van der Waals surface area contributed by atoms with Crippen LogP contribution < -0.4 is 0 Å². The molecule has 2 N–H and O–H groups in total. The fraction of sp³-hybridized carbons (Fsp3) is 0.387. The number of carboxylic acid groups (broad SMARTS) is 1. The Labute approximate surface area is 233 Å². The SMILES string of the molecule is CC(C)(C)OC(=O)N1CCC(N(Cc2ccc(C(=O)O)[nH]2)C(=O)OCC2c3ccccc3-c3ccccc32)CC1. The molecule has 2 heterocycles. The first-order valence-corrected chi connectivity index (χ1v) is 13.6. The van der Waals surface area contributed by atoms with E-state index in [0.717, 1.165) is 22.3 Å². The van der Waals surface area contributed by atoms with Crippen LogP contribution >= 0.6 is 0 Å². The summed E-state index contributed by atoms with van der Waals surface area (Å²) < 4.78 is 11.5. The number of carboxylic acids is 1. The van der Waals surface area contributed by atoms with Gasteiger partial charge >= 0.3 is 18.2 Å². The molecule has 0 saturated carbocycles. The Bertz CT molecular complexity index is 1350. The summed E-state index contributed by atoms with van der Waals surface area (Å²) in [6.45, 7) is 6.73. The van der Waals surface area contributed by atoms with Crippen molar-refractivity contribution in [2.75, 3.05) is 19.7 Å². The van der Waals surface area contributed by atoms with Crippen molar-refractivity contribution in [3.8, 4) is 11.1 Å². The summed E-state index contributed by atoms with van der Waals surface area (Å²) in [7, 11) is 0. The van der Waals surface area contributed by atoms with Crippen LogP contribution in [0.2, 0.25) is 0 Å². The van der Waals surface area contributed by atoms with E-state index in [1.54, 1.807) is 15.9 Å². The lowest BCUT2D eigenvalue weighted by molar-refractivity contribution is 0.0129. The first-order valence-electron chi connectivity index (χ1n) is 13.6. The Balaban J connectivity index is 1.31. The molecular weight excluding hydrogens is 510 g/mol. The molecule has 2 aliphatic rings. The number of hydrogen-bond acceptors (Lipinski definition) is 5. The Morgan fingerprint density at radius 1 is 0.950 bits per heavy atom. The van der Waals surface area contributed by atoms with Crippen LogP contribution in [-0.4, -0.2) is 69.4 Å². The number of likely N-dealkylation sites (tertiary alicyclic amines) is 1. The van der Waals surface area contributed by atoms with Gasteiger partial charge in [0.2, 0.25) is 0 Å². The molecule has 1 fully saturated rings. The van der Waals surface area contributed by atoms with Gasteiger partial charge in [0.05, 0.1) is 6.54 Å². The van der Waals surface area contributed by atoms with Crippen molar-refractivity contribution in [2.24, 2.45) is 0 Å². The molecule has 0 radical (unpaired) electrons. The van der Waals surface area contributed by atoms with E-state index in [0.29, 0.717) is 31.6 Å². The number of carbonyl (C=O) groups is 3. The third-order valence-corrected chi connectivity index (χ3v) is 7.45. The Morgan fingerprint density at radius 3 is 2.10 bits per heavy atom. The minimum Gasteiger partial charge on any atom is -0.477 e. The molecule has 5 rings (SSSR count). The zero-order valence-corrected chi connectivity index (χ0v) is 23.1. The highest BCUT2D eigenvalue weighted by atomic mass is 16.6. The highest BCUT2D eigenvalue weighted by Crippen LogP contribution is 2.44. The van der Waals surface area contributed by atoms with Crippen LogP contribution in [0.25, 0.3) is 11.1 Å². The second-order valence-corrected chi connectivity index (χ2v) is 11.3. The quantitative estimate of drug-likeness (QED) is 0.401. The van der Waals surface area contributed by atoms with E-state index in [-0.39, 0.29) is 36.9 Å². The maximum absolute atomic E-state index is 13.6. The van der Waals surface area contributed by atoms with E-state index in [1.165, 1.54) is 6.07 Å². The molecule has 1 aliphatic heterocycles. The monoisotopic (exact) mass is 545 g/mol. The van der Waals surface area contributed by atoms with Gasteiger partial charge in [0, 0.05) is 30.7 Å². The van der Waals surface area contributed by atoms with E-state index in [4.69, 9.17) is 9.47 Å². The standard InChI is InChI=1S/C31H35N3O6/c1-31(2,3)40-29(37)33-16-14-21(15-17-33)34(18-20-12-13-27(32-20)28(35)36)30(38)39-19-26-24-10-6-4-8-22(24)23-9-5-7-11-25(23)26/h4-13,21,26,32H,14-19H2,1-3H3,(H,35,36). The van der Waals surface area contributed by atoms with Crippen molar-refractivity contribution in [2.45, 2.75) is 57.7 Å². The van der Waals surface area contributed by atoms with Gasteiger partial charge in [0.15, 0.2) is 0 Å². The lowest BCUT2D eigenvalue weighted by Gasteiger charge is -2.38. The average Bonchev–Trinajstić information content (AvgIpc) is 3.53. The van der Waals surface area contributed by atoms with Crippen LogP contribution in [0.4, 0.5) is 9.59 Å². The van der Waals surface area contributed by atoms with Crippen molar-refractivity contribution in [3.05, 3.63) is 83.2 Å². The average molecular weight is 546 g/mol. The molecule has 2 aromatic carbocycles. The summed E-state index contributed by atoms with van der Waals surface area (Å²) in [6, 6.07) is 19.3. The number of rotatable bonds is 6. The number of amides is 2. The predicted octanol–water partition coefficient (Wildman–Crippen LogP) is 5.86. The molecule has 3 aromatic rings. The molecule has 9 heteroatoms. The number of ether oxygens (including phenoxy) is 2. The second kappa shape index (κ2) is 11.1. The fourth-order valence-corrected chi connectivity index (χ4v) is 5.55. The van der Waals surface area contributed by atoms with Crippen molar-refractivity contribution < 1.29 is 29.0 Å². The molecule has 0 atom stereocenters. The summed E-state index contributed by atoms with van der Waals surface area (Å²) >= 11 is 0. The maximum Gasteiger partial charge on any atom is 0.410 e. The fourth-order valence-electron chi connectivity index (χ4n) is 5.55. The molecule has 2 amide bonds. The Hall–Kier alpha value is -4.27. The minimum atomic E-state index is -1.07. The van der Waals surface area contributed by atoms with Gasteiger partial charge in [0.1, 0.15) is 17.9 Å². The Morgan fingerprint density at radius 2 is 1.55 bits per heavy atom. The second-order valence-electron chi connectivity index (χ2n) is 11.3. The topological polar surface area (TPSA) is 112 Å². The largest absolute Gasteiger partial charge is 0.477 e. The number of aromatic carboxylic acids is 1. The van der Waals surface area contributed by atoms with Gasteiger partial charge in [-0.15, -0.1) is 0 Å². The van der Waals surface area contributed by atoms with Gasteiger partial charge in [-0.3, -0.25) is 4.90 Å². The van der Waals surface area contributed by atoms with Gasteiger partial charge in [0.25, 0.3) is 0 Å². The minimum absolute atomic E-state index is 0.0576. The van der Waals surface area contributed by atoms with Gasteiger partial charge in [-0.05, 0) is 68.0 Å². The van der Waals surface area contributed by atoms with Crippen LogP contribution in [0.15, 0.2) is 60.7 Å². The van der Waals surface area contributed by atoms with Gasteiger partial charge in [-0.25, -0.2) is 14.4 Å².